The van der Waals surface area contributed by atoms with Crippen molar-refractivity contribution in [2.45, 2.75) is 38.8 Å². The van der Waals surface area contributed by atoms with Gasteiger partial charge < -0.3 is 10.1 Å². The largest absolute Gasteiger partial charge is 0.376 e. The van der Waals surface area contributed by atoms with Gasteiger partial charge in [-0.2, -0.15) is 10.2 Å². The van der Waals surface area contributed by atoms with Crippen molar-refractivity contribution in [2.24, 2.45) is 0 Å². The van der Waals surface area contributed by atoms with E-state index in [0.29, 0.717) is 5.13 Å². The second-order valence-electron chi connectivity index (χ2n) is 6.73. The zero-order chi connectivity index (χ0) is 18.8. The molecule has 0 radical (unpaired) electrons. The Morgan fingerprint density at radius 3 is 3.04 bits per heavy atom. The molecule has 7 nitrogen and oxygen atoms in total. The molecule has 1 aliphatic heterocycles. The Labute approximate surface area is 161 Å². The number of benzene rings is 1. The maximum Gasteiger partial charge on any atom is 0.321 e. The van der Waals surface area contributed by atoms with Gasteiger partial charge in [0.25, 0.3) is 0 Å². The van der Waals surface area contributed by atoms with Crippen LogP contribution in [0.1, 0.15) is 25.5 Å². The molecule has 2 atom stereocenters. The minimum absolute atomic E-state index is 0.0308. The van der Waals surface area contributed by atoms with Crippen molar-refractivity contribution in [1.82, 2.24) is 20.5 Å². The summed E-state index contributed by atoms with van der Waals surface area (Å²) in [5.74, 6) is 0. The zero-order valence-corrected chi connectivity index (χ0v) is 16.0. The SMILES string of the molecule is Cc1cc2cc(-c3cnc(NC(=O)NC(C)C4CCCO4)s3)ccc2nn1. The molecule has 0 spiro atoms. The van der Waals surface area contributed by atoms with Crippen LogP contribution < -0.4 is 10.6 Å². The van der Waals surface area contributed by atoms with Crippen LogP contribution in [-0.4, -0.2) is 40.0 Å². The standard InChI is InChI=1S/C19H21N5O2S/c1-11-8-14-9-13(5-6-15(14)24-23-11)17-10-20-19(27-17)22-18(25)21-12(2)16-4-3-7-26-16/h5-6,8-10,12,16H,3-4,7H2,1-2H3,(H2,20,21,22,25). The van der Waals surface area contributed by atoms with E-state index in [2.05, 4.69) is 31.9 Å². The van der Waals surface area contributed by atoms with Gasteiger partial charge in [0.15, 0.2) is 5.13 Å². The first-order valence-electron chi connectivity index (χ1n) is 8.98. The number of carbonyl (C=O) groups is 1. The minimum Gasteiger partial charge on any atom is -0.376 e. The van der Waals surface area contributed by atoms with Gasteiger partial charge in [-0.1, -0.05) is 17.4 Å². The van der Waals surface area contributed by atoms with Crippen LogP contribution in [0.15, 0.2) is 30.5 Å². The van der Waals surface area contributed by atoms with Crippen LogP contribution in [0.2, 0.25) is 0 Å². The van der Waals surface area contributed by atoms with E-state index in [1.54, 1.807) is 6.20 Å². The number of nitrogens with one attached hydrogen (secondary N) is 2. The van der Waals surface area contributed by atoms with Crippen molar-refractivity contribution in [3.8, 4) is 10.4 Å². The number of hydrogen-bond donors (Lipinski definition) is 2. The van der Waals surface area contributed by atoms with Crippen LogP contribution in [0.4, 0.5) is 9.93 Å². The number of anilines is 1. The van der Waals surface area contributed by atoms with Crippen molar-refractivity contribution >= 4 is 33.4 Å². The molecule has 2 amide bonds. The predicted molar refractivity (Wildman–Crippen MR) is 106 cm³/mol. The summed E-state index contributed by atoms with van der Waals surface area (Å²) in [5.41, 5.74) is 2.77. The second-order valence-corrected chi connectivity index (χ2v) is 7.76. The molecule has 0 aliphatic carbocycles. The fraction of sp³-hybridized carbons (Fsp3) is 0.368. The van der Waals surface area contributed by atoms with E-state index in [9.17, 15) is 4.79 Å². The van der Waals surface area contributed by atoms with Crippen LogP contribution in [0.3, 0.4) is 0 Å². The van der Waals surface area contributed by atoms with E-state index in [4.69, 9.17) is 4.74 Å². The fourth-order valence-corrected chi connectivity index (χ4v) is 4.00. The number of urea groups is 1. The van der Waals surface area contributed by atoms with Crippen molar-refractivity contribution in [3.63, 3.8) is 0 Å². The number of rotatable bonds is 4. The average molecular weight is 383 g/mol. The molecular weight excluding hydrogens is 362 g/mol. The lowest BCUT2D eigenvalue weighted by Gasteiger charge is -2.19. The molecule has 1 fully saturated rings. The van der Waals surface area contributed by atoms with Gasteiger partial charge in [0.05, 0.1) is 28.2 Å². The first kappa shape index (κ1) is 17.8. The first-order valence-corrected chi connectivity index (χ1v) is 9.79. The molecule has 1 aromatic carbocycles. The van der Waals surface area contributed by atoms with Gasteiger partial charge in [0, 0.05) is 18.2 Å². The van der Waals surface area contributed by atoms with Crippen LogP contribution in [0, 0.1) is 6.92 Å². The molecule has 3 aromatic rings. The molecule has 4 rings (SSSR count). The van der Waals surface area contributed by atoms with Crippen molar-refractivity contribution in [3.05, 3.63) is 36.2 Å². The molecule has 1 aliphatic rings. The fourth-order valence-electron chi connectivity index (χ4n) is 3.20. The number of fused-ring (bicyclic) bond motifs is 1. The lowest BCUT2D eigenvalue weighted by molar-refractivity contribution is 0.0868. The number of aryl methyl sites for hydroxylation is 1. The Morgan fingerprint density at radius 1 is 1.33 bits per heavy atom. The highest BCUT2D eigenvalue weighted by Crippen LogP contribution is 2.30. The summed E-state index contributed by atoms with van der Waals surface area (Å²) in [6.45, 7) is 4.65. The van der Waals surface area contributed by atoms with Gasteiger partial charge in [0.2, 0.25) is 0 Å². The van der Waals surface area contributed by atoms with Gasteiger partial charge >= 0.3 is 6.03 Å². The second kappa shape index (κ2) is 7.58. The summed E-state index contributed by atoms with van der Waals surface area (Å²) in [6, 6.07) is 7.71. The van der Waals surface area contributed by atoms with Crippen molar-refractivity contribution < 1.29 is 9.53 Å². The highest BCUT2D eigenvalue weighted by Gasteiger charge is 2.23. The van der Waals surface area contributed by atoms with Crippen LogP contribution >= 0.6 is 11.3 Å². The average Bonchev–Trinajstić information content (AvgIpc) is 3.33. The number of amides is 2. The third kappa shape index (κ3) is 4.06. The Hall–Kier alpha value is -2.58. The number of ether oxygens (including phenoxy) is 1. The highest BCUT2D eigenvalue weighted by atomic mass is 32.1. The van der Waals surface area contributed by atoms with E-state index in [0.717, 1.165) is 46.5 Å². The normalized spacial score (nSPS) is 17.8. The molecule has 2 N–H and O–H groups in total. The molecule has 0 bridgehead atoms. The molecule has 27 heavy (non-hydrogen) atoms. The number of hydrogen-bond acceptors (Lipinski definition) is 6. The Balaban J connectivity index is 1.44. The molecular formula is C19H21N5O2S. The summed E-state index contributed by atoms with van der Waals surface area (Å²) in [7, 11) is 0. The van der Waals surface area contributed by atoms with E-state index < -0.39 is 0 Å². The number of aromatic nitrogens is 3. The number of carbonyl (C=O) groups excluding carboxylic acids is 1. The van der Waals surface area contributed by atoms with Gasteiger partial charge in [-0.15, -0.1) is 0 Å². The molecule has 0 saturated carbocycles. The Bertz CT molecular complexity index is 968. The van der Waals surface area contributed by atoms with Gasteiger partial charge in [0.1, 0.15) is 0 Å². The third-order valence-corrected chi connectivity index (χ3v) is 5.56. The quantitative estimate of drug-likeness (QED) is 0.716. The molecule has 2 unspecified atom stereocenters. The maximum atomic E-state index is 12.2. The van der Waals surface area contributed by atoms with E-state index in [-0.39, 0.29) is 18.2 Å². The summed E-state index contributed by atoms with van der Waals surface area (Å²) < 4.78 is 5.61. The maximum absolute atomic E-state index is 12.2. The first-order chi connectivity index (χ1) is 13.1. The molecule has 3 heterocycles. The molecule has 1 saturated heterocycles. The monoisotopic (exact) mass is 383 g/mol. The smallest absolute Gasteiger partial charge is 0.321 e. The van der Waals surface area contributed by atoms with Crippen LogP contribution in [-0.2, 0) is 4.74 Å². The van der Waals surface area contributed by atoms with E-state index in [1.807, 2.05) is 32.0 Å². The summed E-state index contributed by atoms with van der Waals surface area (Å²) in [4.78, 5) is 17.5. The van der Waals surface area contributed by atoms with E-state index in [1.165, 1.54) is 11.3 Å². The number of thiazole rings is 1. The van der Waals surface area contributed by atoms with Crippen LogP contribution in [0.25, 0.3) is 21.3 Å². The topological polar surface area (TPSA) is 89.0 Å². The summed E-state index contributed by atoms with van der Waals surface area (Å²) >= 11 is 1.44. The molecule has 140 valence electrons. The molecule has 8 heteroatoms. The Morgan fingerprint density at radius 2 is 2.22 bits per heavy atom. The third-order valence-electron chi connectivity index (χ3n) is 4.60. The van der Waals surface area contributed by atoms with Gasteiger partial charge in [-0.3, -0.25) is 5.32 Å². The highest BCUT2D eigenvalue weighted by molar-refractivity contribution is 7.19. The predicted octanol–water partition coefficient (Wildman–Crippen LogP) is 3.75. The van der Waals surface area contributed by atoms with Crippen molar-refractivity contribution in [1.29, 1.82) is 0 Å². The zero-order valence-electron chi connectivity index (χ0n) is 15.2. The van der Waals surface area contributed by atoms with Crippen LogP contribution in [0.5, 0.6) is 0 Å². The lowest BCUT2D eigenvalue weighted by Crippen LogP contribution is -2.42. The van der Waals surface area contributed by atoms with Gasteiger partial charge in [-0.25, -0.2) is 9.78 Å². The Kier molecular flexibility index (Phi) is 5.00. The summed E-state index contributed by atoms with van der Waals surface area (Å²) in [6.07, 6.45) is 3.89. The van der Waals surface area contributed by atoms with Gasteiger partial charge in [-0.05, 0) is 50.5 Å². The van der Waals surface area contributed by atoms with E-state index >= 15 is 0 Å². The lowest BCUT2D eigenvalue weighted by atomic mass is 10.1. The minimum atomic E-state index is -0.261. The summed E-state index contributed by atoms with van der Waals surface area (Å²) in [5, 5.41) is 15.6. The number of nitrogens with zero attached hydrogens (tertiary/aromatic N) is 3. The van der Waals surface area contributed by atoms with Crippen molar-refractivity contribution in [2.75, 3.05) is 11.9 Å². The molecule has 2 aromatic heterocycles.